The van der Waals surface area contributed by atoms with E-state index in [9.17, 15) is 8.42 Å². The Morgan fingerprint density at radius 3 is 1.88 bits per heavy atom. The minimum atomic E-state index is -4.45. The molecule has 0 aromatic heterocycles. The standard InChI is InChI=1S/C12H10O4S/c13-17(14,15)16-12-8-6-11(7-9-12)10-4-2-1-3-5-10/h1-9H,(H,13,14,15). The Balaban J connectivity index is 2.25. The second kappa shape index (κ2) is 4.57. The van der Waals surface area contributed by atoms with Crippen molar-refractivity contribution in [2.24, 2.45) is 0 Å². The van der Waals surface area contributed by atoms with Gasteiger partial charge in [-0.05, 0) is 23.3 Å². The van der Waals surface area contributed by atoms with E-state index in [0.717, 1.165) is 11.1 Å². The van der Waals surface area contributed by atoms with Crippen molar-refractivity contribution in [3.63, 3.8) is 0 Å². The van der Waals surface area contributed by atoms with Crippen molar-refractivity contribution in [1.29, 1.82) is 0 Å². The normalized spacial score (nSPS) is 11.1. The molecule has 2 aromatic rings. The molecule has 17 heavy (non-hydrogen) atoms. The molecule has 0 aliphatic rings. The first-order valence-electron chi connectivity index (χ1n) is 4.87. The lowest BCUT2D eigenvalue weighted by Gasteiger charge is -2.03. The van der Waals surface area contributed by atoms with E-state index < -0.39 is 10.4 Å². The van der Waals surface area contributed by atoms with Gasteiger partial charge in [0.1, 0.15) is 5.75 Å². The molecule has 0 spiro atoms. The maximum atomic E-state index is 10.5. The summed E-state index contributed by atoms with van der Waals surface area (Å²) in [5.41, 5.74) is 1.96. The van der Waals surface area contributed by atoms with Gasteiger partial charge in [-0.25, -0.2) is 0 Å². The van der Waals surface area contributed by atoms with Crippen molar-refractivity contribution in [3.8, 4) is 16.9 Å². The van der Waals surface area contributed by atoms with E-state index in [2.05, 4.69) is 4.18 Å². The molecule has 0 atom stereocenters. The molecule has 0 heterocycles. The molecule has 0 radical (unpaired) electrons. The Labute approximate surface area is 99.4 Å². The van der Waals surface area contributed by atoms with E-state index in [0.29, 0.717) is 0 Å². The Bertz CT molecular complexity index is 588. The maximum Gasteiger partial charge on any atom is 0.446 e. The molecule has 5 heteroatoms. The molecule has 4 nitrogen and oxygen atoms in total. The Morgan fingerprint density at radius 2 is 1.35 bits per heavy atom. The van der Waals surface area contributed by atoms with Gasteiger partial charge < -0.3 is 4.18 Å². The van der Waals surface area contributed by atoms with Crippen LogP contribution in [0.15, 0.2) is 54.6 Å². The van der Waals surface area contributed by atoms with E-state index in [-0.39, 0.29) is 5.75 Å². The molecular formula is C12H10O4S. The third-order valence-corrected chi connectivity index (χ3v) is 2.57. The lowest BCUT2D eigenvalue weighted by Crippen LogP contribution is -2.06. The van der Waals surface area contributed by atoms with Crippen molar-refractivity contribution in [2.45, 2.75) is 0 Å². The van der Waals surface area contributed by atoms with Crippen LogP contribution in [0.2, 0.25) is 0 Å². The van der Waals surface area contributed by atoms with E-state index in [4.69, 9.17) is 4.55 Å². The van der Waals surface area contributed by atoms with E-state index >= 15 is 0 Å². The molecular weight excluding hydrogens is 240 g/mol. The molecule has 0 aliphatic carbocycles. The SMILES string of the molecule is O=S(=O)(O)Oc1ccc(-c2ccccc2)cc1. The first-order chi connectivity index (χ1) is 8.04. The van der Waals surface area contributed by atoms with Crippen molar-refractivity contribution in [1.82, 2.24) is 0 Å². The van der Waals surface area contributed by atoms with Crippen LogP contribution in [0, 0.1) is 0 Å². The first kappa shape index (κ1) is 11.6. The molecule has 2 aromatic carbocycles. The fraction of sp³-hybridized carbons (Fsp3) is 0. The van der Waals surface area contributed by atoms with Crippen LogP contribution in [-0.2, 0) is 10.4 Å². The molecule has 0 saturated carbocycles. The molecule has 0 fully saturated rings. The van der Waals surface area contributed by atoms with Crippen LogP contribution < -0.4 is 4.18 Å². The highest BCUT2D eigenvalue weighted by Gasteiger charge is 2.06. The summed E-state index contributed by atoms with van der Waals surface area (Å²) in [5, 5.41) is 0. The van der Waals surface area contributed by atoms with Crippen LogP contribution >= 0.6 is 0 Å². The van der Waals surface area contributed by atoms with Gasteiger partial charge in [0, 0.05) is 0 Å². The van der Waals surface area contributed by atoms with Gasteiger partial charge in [0.2, 0.25) is 0 Å². The Morgan fingerprint density at radius 1 is 0.824 bits per heavy atom. The topological polar surface area (TPSA) is 63.6 Å². The zero-order valence-electron chi connectivity index (χ0n) is 8.78. The van der Waals surface area contributed by atoms with Gasteiger partial charge in [-0.2, -0.15) is 8.42 Å². The molecule has 0 bridgehead atoms. The van der Waals surface area contributed by atoms with Crippen molar-refractivity contribution in [3.05, 3.63) is 54.6 Å². The number of benzene rings is 2. The molecule has 0 saturated heterocycles. The average Bonchev–Trinajstić information content (AvgIpc) is 2.29. The second-order valence-electron chi connectivity index (χ2n) is 3.40. The molecule has 0 aliphatic heterocycles. The van der Waals surface area contributed by atoms with Crippen molar-refractivity contribution >= 4 is 10.4 Å². The summed E-state index contributed by atoms with van der Waals surface area (Å²) in [6.45, 7) is 0. The van der Waals surface area contributed by atoms with Crippen LogP contribution in [0.3, 0.4) is 0 Å². The quantitative estimate of drug-likeness (QED) is 0.850. The predicted octanol–water partition coefficient (Wildman–Crippen LogP) is 2.54. The van der Waals surface area contributed by atoms with E-state index in [1.54, 1.807) is 12.1 Å². The lowest BCUT2D eigenvalue weighted by atomic mass is 10.1. The summed E-state index contributed by atoms with van der Waals surface area (Å²) >= 11 is 0. The minimum Gasteiger partial charge on any atom is -0.362 e. The summed E-state index contributed by atoms with van der Waals surface area (Å²) in [7, 11) is -4.45. The lowest BCUT2D eigenvalue weighted by molar-refractivity contribution is 0.387. The van der Waals surface area contributed by atoms with Gasteiger partial charge in [-0.15, -0.1) is 0 Å². The van der Waals surface area contributed by atoms with E-state index in [1.165, 1.54) is 12.1 Å². The zero-order valence-corrected chi connectivity index (χ0v) is 9.59. The fourth-order valence-corrected chi connectivity index (χ4v) is 1.81. The summed E-state index contributed by atoms with van der Waals surface area (Å²) in [5.74, 6) is 0.0761. The molecule has 1 N–H and O–H groups in total. The van der Waals surface area contributed by atoms with E-state index in [1.807, 2.05) is 30.3 Å². The van der Waals surface area contributed by atoms with Crippen molar-refractivity contribution < 1.29 is 17.2 Å². The van der Waals surface area contributed by atoms with Gasteiger partial charge in [0.25, 0.3) is 0 Å². The van der Waals surface area contributed by atoms with Crippen LogP contribution in [0.4, 0.5) is 0 Å². The van der Waals surface area contributed by atoms with Gasteiger partial charge >= 0.3 is 10.4 Å². The summed E-state index contributed by atoms with van der Waals surface area (Å²) in [6.07, 6.45) is 0. The highest BCUT2D eigenvalue weighted by atomic mass is 32.3. The largest absolute Gasteiger partial charge is 0.446 e. The van der Waals surface area contributed by atoms with Gasteiger partial charge in [-0.3, -0.25) is 4.55 Å². The predicted molar refractivity (Wildman–Crippen MR) is 64.1 cm³/mol. The number of hydrogen-bond donors (Lipinski definition) is 1. The summed E-state index contributed by atoms with van der Waals surface area (Å²) < 4.78 is 33.8. The highest BCUT2D eigenvalue weighted by Crippen LogP contribution is 2.22. The van der Waals surface area contributed by atoms with Crippen molar-refractivity contribution in [2.75, 3.05) is 0 Å². The van der Waals surface area contributed by atoms with Crippen LogP contribution in [-0.4, -0.2) is 13.0 Å². The third-order valence-electron chi connectivity index (χ3n) is 2.16. The Kier molecular flexibility index (Phi) is 3.12. The molecule has 2 rings (SSSR count). The van der Waals surface area contributed by atoms with Gasteiger partial charge in [-0.1, -0.05) is 42.5 Å². The van der Waals surface area contributed by atoms with Crippen LogP contribution in [0.1, 0.15) is 0 Å². The zero-order chi connectivity index (χ0) is 12.3. The minimum absolute atomic E-state index is 0.0761. The summed E-state index contributed by atoms with van der Waals surface area (Å²) in [6, 6.07) is 16.0. The van der Waals surface area contributed by atoms with Gasteiger partial charge in [0.05, 0.1) is 0 Å². The molecule has 0 amide bonds. The van der Waals surface area contributed by atoms with Crippen LogP contribution in [0.25, 0.3) is 11.1 Å². The smallest absolute Gasteiger partial charge is 0.362 e. The monoisotopic (exact) mass is 250 g/mol. The highest BCUT2D eigenvalue weighted by molar-refractivity contribution is 7.81. The van der Waals surface area contributed by atoms with Crippen LogP contribution in [0.5, 0.6) is 5.75 Å². The number of hydrogen-bond acceptors (Lipinski definition) is 3. The summed E-state index contributed by atoms with van der Waals surface area (Å²) in [4.78, 5) is 0. The Hall–Kier alpha value is -1.85. The average molecular weight is 250 g/mol. The molecule has 0 unspecified atom stereocenters. The molecule has 88 valence electrons. The fourth-order valence-electron chi connectivity index (χ4n) is 1.46. The first-order valence-corrected chi connectivity index (χ1v) is 6.23. The second-order valence-corrected chi connectivity index (χ2v) is 4.42. The third kappa shape index (κ3) is 3.30. The maximum absolute atomic E-state index is 10.5. The van der Waals surface area contributed by atoms with Gasteiger partial charge in [0.15, 0.2) is 0 Å². The number of rotatable bonds is 3.